The van der Waals surface area contributed by atoms with Crippen LogP contribution in [0.2, 0.25) is 0 Å². The summed E-state index contributed by atoms with van der Waals surface area (Å²) in [6, 6.07) is 16.2. The molecule has 0 radical (unpaired) electrons. The van der Waals surface area contributed by atoms with Gasteiger partial charge in [0.25, 0.3) is 5.91 Å². The molecular formula is C33H46N2O5. The van der Waals surface area contributed by atoms with Gasteiger partial charge in [-0.1, -0.05) is 95.0 Å². The van der Waals surface area contributed by atoms with Gasteiger partial charge >= 0.3 is 5.97 Å². The number of carbonyl (C=O) groups excluding carboxylic acids is 3. The van der Waals surface area contributed by atoms with Gasteiger partial charge in [-0.25, -0.2) is 0 Å². The average molecular weight is 551 g/mol. The van der Waals surface area contributed by atoms with Gasteiger partial charge in [0, 0.05) is 25.1 Å². The summed E-state index contributed by atoms with van der Waals surface area (Å²) in [4.78, 5) is 39.8. The van der Waals surface area contributed by atoms with E-state index in [1.165, 1.54) is 55.4 Å². The Bertz CT molecular complexity index is 1020. The number of hydrogen-bond acceptors (Lipinski definition) is 5. The van der Waals surface area contributed by atoms with Crippen LogP contribution in [-0.2, 0) is 20.7 Å². The van der Waals surface area contributed by atoms with Crippen LogP contribution in [0, 0.1) is 0 Å². The summed E-state index contributed by atoms with van der Waals surface area (Å²) >= 11 is 0. The fourth-order valence-electron chi connectivity index (χ4n) is 4.94. The van der Waals surface area contributed by atoms with E-state index < -0.39 is 12.0 Å². The lowest BCUT2D eigenvalue weighted by Gasteiger charge is -2.34. The number of piperazine rings is 1. The average Bonchev–Trinajstić information content (AvgIpc) is 2.97. The van der Waals surface area contributed by atoms with Crippen LogP contribution >= 0.6 is 0 Å². The van der Waals surface area contributed by atoms with Crippen LogP contribution in [0.3, 0.4) is 0 Å². The van der Waals surface area contributed by atoms with Crippen molar-refractivity contribution >= 4 is 17.8 Å². The number of esters is 1. The zero-order valence-corrected chi connectivity index (χ0v) is 24.1. The lowest BCUT2D eigenvalue weighted by atomic mass is 10.1. The lowest BCUT2D eigenvalue weighted by Crippen LogP contribution is -2.57. The van der Waals surface area contributed by atoms with Crippen molar-refractivity contribution in [1.82, 2.24) is 10.2 Å². The monoisotopic (exact) mass is 550 g/mol. The SMILES string of the molecule is CCCCCCCCCCCCOC(=O)CC1C(=O)NCCN1C(=O)c1ccc(OCCc2ccccc2)cc1. The summed E-state index contributed by atoms with van der Waals surface area (Å²) < 4.78 is 11.2. The van der Waals surface area contributed by atoms with Crippen LogP contribution in [0.5, 0.6) is 5.75 Å². The fourth-order valence-corrected chi connectivity index (χ4v) is 4.94. The Labute approximate surface area is 239 Å². The number of nitrogens with one attached hydrogen (secondary N) is 1. The smallest absolute Gasteiger partial charge is 0.308 e. The van der Waals surface area contributed by atoms with Crippen molar-refractivity contribution in [2.24, 2.45) is 0 Å². The number of hydrogen-bond donors (Lipinski definition) is 1. The molecule has 2 aromatic carbocycles. The van der Waals surface area contributed by atoms with E-state index in [0.717, 1.165) is 25.7 Å². The maximum absolute atomic E-state index is 13.3. The number of benzene rings is 2. The molecule has 3 rings (SSSR count). The molecule has 7 nitrogen and oxygen atoms in total. The van der Waals surface area contributed by atoms with Crippen LogP contribution in [0.15, 0.2) is 54.6 Å². The molecular weight excluding hydrogens is 504 g/mol. The second-order valence-electron chi connectivity index (χ2n) is 10.5. The first-order valence-electron chi connectivity index (χ1n) is 15.1. The zero-order valence-electron chi connectivity index (χ0n) is 24.1. The molecule has 218 valence electrons. The minimum Gasteiger partial charge on any atom is -0.493 e. The Kier molecular flexibility index (Phi) is 14.1. The highest BCUT2D eigenvalue weighted by Crippen LogP contribution is 2.18. The summed E-state index contributed by atoms with van der Waals surface area (Å²) in [6.07, 6.45) is 12.7. The van der Waals surface area contributed by atoms with Crippen molar-refractivity contribution in [3.8, 4) is 5.75 Å². The van der Waals surface area contributed by atoms with Crippen LogP contribution in [0.25, 0.3) is 0 Å². The van der Waals surface area contributed by atoms with Gasteiger partial charge < -0.3 is 19.7 Å². The van der Waals surface area contributed by atoms with Gasteiger partial charge in [0.1, 0.15) is 11.8 Å². The summed E-state index contributed by atoms with van der Waals surface area (Å²) in [7, 11) is 0. The van der Waals surface area contributed by atoms with Crippen molar-refractivity contribution in [2.75, 3.05) is 26.3 Å². The van der Waals surface area contributed by atoms with E-state index in [4.69, 9.17) is 9.47 Å². The maximum Gasteiger partial charge on any atom is 0.308 e. The van der Waals surface area contributed by atoms with E-state index in [9.17, 15) is 14.4 Å². The molecule has 40 heavy (non-hydrogen) atoms. The molecule has 1 aliphatic rings. The van der Waals surface area contributed by atoms with Crippen LogP contribution in [-0.4, -0.2) is 55.0 Å². The maximum atomic E-state index is 13.3. The van der Waals surface area contributed by atoms with Crippen molar-refractivity contribution in [1.29, 1.82) is 0 Å². The third-order valence-corrected chi connectivity index (χ3v) is 7.32. The number of amides is 2. The Hall–Kier alpha value is -3.35. The first-order chi connectivity index (χ1) is 19.6. The van der Waals surface area contributed by atoms with Crippen molar-refractivity contribution < 1.29 is 23.9 Å². The lowest BCUT2D eigenvalue weighted by molar-refractivity contribution is -0.147. The molecule has 1 heterocycles. The molecule has 1 saturated heterocycles. The number of nitrogens with zero attached hydrogens (tertiary/aromatic N) is 1. The highest BCUT2D eigenvalue weighted by molar-refractivity contribution is 5.99. The summed E-state index contributed by atoms with van der Waals surface area (Å²) in [5.41, 5.74) is 1.65. The molecule has 0 aromatic heterocycles. The quantitative estimate of drug-likeness (QED) is 0.179. The molecule has 2 aromatic rings. The van der Waals surface area contributed by atoms with Gasteiger partial charge in [-0.05, 0) is 36.2 Å². The molecule has 1 atom stereocenters. The summed E-state index contributed by atoms with van der Waals surface area (Å²) in [5.74, 6) is -0.372. The molecule has 1 N–H and O–H groups in total. The van der Waals surface area contributed by atoms with Crippen LogP contribution in [0.1, 0.15) is 93.5 Å². The number of carbonyl (C=O) groups is 3. The number of ether oxygens (including phenoxy) is 2. The fraction of sp³-hybridized carbons (Fsp3) is 0.545. The first-order valence-corrected chi connectivity index (χ1v) is 15.1. The number of unbranched alkanes of at least 4 members (excludes halogenated alkanes) is 9. The third-order valence-electron chi connectivity index (χ3n) is 7.32. The third kappa shape index (κ3) is 11.0. The summed E-state index contributed by atoms with van der Waals surface area (Å²) in [6.45, 7) is 3.82. The van der Waals surface area contributed by atoms with Crippen molar-refractivity contribution in [2.45, 2.75) is 90.0 Å². The molecule has 7 heteroatoms. The molecule has 2 amide bonds. The molecule has 0 bridgehead atoms. The second-order valence-corrected chi connectivity index (χ2v) is 10.5. The highest BCUT2D eigenvalue weighted by atomic mass is 16.5. The van der Waals surface area contributed by atoms with E-state index >= 15 is 0 Å². The van der Waals surface area contributed by atoms with Gasteiger partial charge in [-0.15, -0.1) is 0 Å². The van der Waals surface area contributed by atoms with Crippen molar-refractivity contribution in [3.05, 3.63) is 65.7 Å². The highest BCUT2D eigenvalue weighted by Gasteiger charge is 2.35. The van der Waals surface area contributed by atoms with E-state index in [1.807, 2.05) is 18.2 Å². The van der Waals surface area contributed by atoms with E-state index in [2.05, 4.69) is 24.4 Å². The first kappa shape index (κ1) is 31.2. The minimum atomic E-state index is -0.872. The summed E-state index contributed by atoms with van der Waals surface area (Å²) in [5, 5.41) is 2.77. The molecule has 0 aliphatic carbocycles. The van der Waals surface area contributed by atoms with Gasteiger partial charge in [-0.3, -0.25) is 14.4 Å². The normalized spacial score (nSPS) is 15.0. The Morgan fingerprint density at radius 1 is 0.850 bits per heavy atom. The zero-order chi connectivity index (χ0) is 28.4. The molecule has 0 saturated carbocycles. The molecule has 0 spiro atoms. The number of rotatable bonds is 18. The predicted molar refractivity (Wildman–Crippen MR) is 157 cm³/mol. The van der Waals surface area contributed by atoms with Crippen LogP contribution in [0.4, 0.5) is 0 Å². The van der Waals surface area contributed by atoms with Crippen LogP contribution < -0.4 is 10.1 Å². The van der Waals surface area contributed by atoms with Gasteiger partial charge in [0.2, 0.25) is 5.91 Å². The van der Waals surface area contributed by atoms with Crippen molar-refractivity contribution in [3.63, 3.8) is 0 Å². The Balaban J connectivity index is 1.38. The van der Waals surface area contributed by atoms with Gasteiger partial charge in [-0.2, -0.15) is 0 Å². The van der Waals surface area contributed by atoms with Gasteiger partial charge in [0.15, 0.2) is 0 Å². The predicted octanol–water partition coefficient (Wildman–Crippen LogP) is 6.10. The topological polar surface area (TPSA) is 84.9 Å². The van der Waals surface area contributed by atoms with E-state index in [1.54, 1.807) is 24.3 Å². The largest absolute Gasteiger partial charge is 0.493 e. The Morgan fingerprint density at radius 2 is 1.50 bits per heavy atom. The standard InChI is InChI=1S/C33H46N2O5/c1-2-3-4-5-6-7-8-9-10-14-24-40-31(36)26-30-32(37)34-22-23-35(30)33(38)28-17-19-29(20-18-28)39-25-21-27-15-12-11-13-16-27/h11-13,15-20,30H,2-10,14,21-26H2,1H3,(H,34,37). The van der Waals surface area contributed by atoms with Gasteiger partial charge in [0.05, 0.1) is 19.6 Å². The second kappa shape index (κ2) is 18.1. The van der Waals surface area contributed by atoms with E-state index in [0.29, 0.717) is 37.6 Å². The molecule has 1 fully saturated rings. The minimum absolute atomic E-state index is 0.143. The molecule has 1 aliphatic heterocycles. The Morgan fingerprint density at radius 3 is 2.17 bits per heavy atom. The van der Waals surface area contributed by atoms with E-state index in [-0.39, 0.29) is 18.2 Å². The molecule has 1 unspecified atom stereocenters.